The van der Waals surface area contributed by atoms with Gasteiger partial charge in [0.15, 0.2) is 0 Å². The molecule has 11 heavy (non-hydrogen) atoms. The SMILES string of the molecule is ClC1CCCC1c1ccco1. The highest BCUT2D eigenvalue weighted by Crippen LogP contribution is 2.37. The maximum absolute atomic E-state index is 6.11. The van der Waals surface area contributed by atoms with Crippen molar-refractivity contribution in [2.75, 3.05) is 0 Å². The maximum atomic E-state index is 6.11. The Morgan fingerprint density at radius 2 is 2.36 bits per heavy atom. The minimum Gasteiger partial charge on any atom is -0.469 e. The second kappa shape index (κ2) is 2.90. The van der Waals surface area contributed by atoms with Crippen LogP contribution in [0.4, 0.5) is 0 Å². The topological polar surface area (TPSA) is 13.1 Å². The highest BCUT2D eigenvalue weighted by Gasteiger charge is 2.28. The van der Waals surface area contributed by atoms with Crippen molar-refractivity contribution in [1.82, 2.24) is 0 Å². The average Bonchev–Trinajstić information content (AvgIpc) is 2.55. The summed E-state index contributed by atoms with van der Waals surface area (Å²) in [5.41, 5.74) is 0. The molecule has 2 rings (SSSR count). The lowest BCUT2D eigenvalue weighted by Gasteiger charge is -2.08. The minimum absolute atomic E-state index is 0.293. The van der Waals surface area contributed by atoms with Gasteiger partial charge in [-0.05, 0) is 25.0 Å². The van der Waals surface area contributed by atoms with Gasteiger partial charge in [0.05, 0.1) is 6.26 Å². The molecule has 0 saturated heterocycles. The van der Waals surface area contributed by atoms with Gasteiger partial charge >= 0.3 is 0 Å². The van der Waals surface area contributed by atoms with Gasteiger partial charge in [0, 0.05) is 11.3 Å². The monoisotopic (exact) mass is 170 g/mol. The molecule has 1 heterocycles. The van der Waals surface area contributed by atoms with Crippen LogP contribution in [0.5, 0.6) is 0 Å². The molecule has 2 unspecified atom stereocenters. The van der Waals surface area contributed by atoms with Crippen molar-refractivity contribution in [1.29, 1.82) is 0 Å². The quantitative estimate of drug-likeness (QED) is 0.591. The first-order chi connectivity index (χ1) is 5.38. The first-order valence-corrected chi connectivity index (χ1v) is 4.49. The van der Waals surface area contributed by atoms with E-state index in [2.05, 4.69) is 0 Å². The van der Waals surface area contributed by atoms with Crippen molar-refractivity contribution in [3.63, 3.8) is 0 Å². The van der Waals surface area contributed by atoms with E-state index in [1.165, 1.54) is 12.8 Å². The molecule has 60 valence electrons. The van der Waals surface area contributed by atoms with Gasteiger partial charge in [0.25, 0.3) is 0 Å². The lowest BCUT2D eigenvalue weighted by molar-refractivity contribution is 0.466. The second-order valence-corrected chi connectivity index (χ2v) is 3.63. The second-order valence-electron chi connectivity index (χ2n) is 3.07. The van der Waals surface area contributed by atoms with Crippen LogP contribution in [0.3, 0.4) is 0 Å². The number of halogens is 1. The van der Waals surface area contributed by atoms with Crippen molar-refractivity contribution < 1.29 is 4.42 Å². The molecule has 0 amide bonds. The molecule has 0 spiro atoms. The van der Waals surface area contributed by atoms with Crippen LogP contribution in [0.15, 0.2) is 22.8 Å². The summed E-state index contributed by atoms with van der Waals surface area (Å²) in [6.45, 7) is 0. The largest absolute Gasteiger partial charge is 0.469 e. The molecule has 0 N–H and O–H groups in total. The van der Waals surface area contributed by atoms with Crippen LogP contribution in [0.25, 0.3) is 0 Å². The summed E-state index contributed by atoms with van der Waals surface area (Å²) in [6.07, 6.45) is 5.27. The normalized spacial score (nSPS) is 31.0. The van der Waals surface area contributed by atoms with Gasteiger partial charge in [-0.1, -0.05) is 6.42 Å². The summed E-state index contributed by atoms with van der Waals surface area (Å²) in [4.78, 5) is 0. The van der Waals surface area contributed by atoms with Gasteiger partial charge in [-0.2, -0.15) is 0 Å². The summed E-state index contributed by atoms with van der Waals surface area (Å²) >= 11 is 6.11. The van der Waals surface area contributed by atoms with Crippen molar-refractivity contribution in [3.05, 3.63) is 24.2 Å². The van der Waals surface area contributed by atoms with Crippen LogP contribution in [0, 0.1) is 0 Å². The Labute approximate surface area is 71.3 Å². The van der Waals surface area contributed by atoms with Crippen LogP contribution >= 0.6 is 11.6 Å². The molecule has 1 fully saturated rings. The molecule has 1 aliphatic rings. The Kier molecular flexibility index (Phi) is 1.91. The number of hydrogen-bond acceptors (Lipinski definition) is 1. The molecule has 0 aromatic carbocycles. The molecule has 1 aromatic rings. The van der Waals surface area contributed by atoms with E-state index in [0.717, 1.165) is 12.2 Å². The zero-order chi connectivity index (χ0) is 7.68. The highest BCUT2D eigenvalue weighted by atomic mass is 35.5. The predicted molar refractivity (Wildman–Crippen MR) is 44.9 cm³/mol. The first kappa shape index (κ1) is 7.23. The molecule has 2 atom stereocenters. The van der Waals surface area contributed by atoms with Gasteiger partial charge in [0.2, 0.25) is 0 Å². The van der Waals surface area contributed by atoms with Gasteiger partial charge in [-0.15, -0.1) is 11.6 Å². The number of alkyl halides is 1. The third-order valence-corrected chi connectivity index (χ3v) is 2.86. The van der Waals surface area contributed by atoms with Crippen LogP contribution in [-0.2, 0) is 0 Å². The van der Waals surface area contributed by atoms with Gasteiger partial charge in [-0.3, -0.25) is 0 Å². The summed E-state index contributed by atoms with van der Waals surface area (Å²) in [5.74, 6) is 1.52. The Morgan fingerprint density at radius 3 is 2.91 bits per heavy atom. The van der Waals surface area contributed by atoms with E-state index < -0.39 is 0 Å². The van der Waals surface area contributed by atoms with E-state index in [-0.39, 0.29) is 0 Å². The first-order valence-electron chi connectivity index (χ1n) is 4.05. The molecule has 0 radical (unpaired) electrons. The Morgan fingerprint density at radius 1 is 1.45 bits per heavy atom. The molecular weight excluding hydrogens is 160 g/mol. The van der Waals surface area contributed by atoms with E-state index in [9.17, 15) is 0 Å². The molecule has 0 aliphatic heterocycles. The molecular formula is C9H11ClO. The van der Waals surface area contributed by atoms with Crippen molar-refractivity contribution >= 4 is 11.6 Å². The molecule has 0 bridgehead atoms. The fourth-order valence-electron chi connectivity index (χ4n) is 1.74. The van der Waals surface area contributed by atoms with Crippen LogP contribution in [-0.4, -0.2) is 5.38 Å². The third kappa shape index (κ3) is 1.30. The smallest absolute Gasteiger partial charge is 0.108 e. The highest BCUT2D eigenvalue weighted by molar-refractivity contribution is 6.21. The average molecular weight is 171 g/mol. The van der Waals surface area contributed by atoms with E-state index in [1.807, 2.05) is 12.1 Å². The van der Waals surface area contributed by atoms with Gasteiger partial charge < -0.3 is 4.42 Å². The van der Waals surface area contributed by atoms with E-state index >= 15 is 0 Å². The summed E-state index contributed by atoms with van der Waals surface area (Å²) < 4.78 is 5.30. The molecule has 1 saturated carbocycles. The van der Waals surface area contributed by atoms with Gasteiger partial charge in [-0.25, -0.2) is 0 Å². The number of rotatable bonds is 1. The van der Waals surface area contributed by atoms with Crippen LogP contribution < -0.4 is 0 Å². The lowest BCUT2D eigenvalue weighted by atomic mass is 10.1. The van der Waals surface area contributed by atoms with E-state index in [4.69, 9.17) is 16.0 Å². The fourth-order valence-corrected chi connectivity index (χ4v) is 2.14. The zero-order valence-electron chi connectivity index (χ0n) is 6.29. The van der Waals surface area contributed by atoms with Crippen molar-refractivity contribution in [2.45, 2.75) is 30.6 Å². The molecule has 1 nitrogen and oxygen atoms in total. The predicted octanol–water partition coefficient (Wildman–Crippen LogP) is 3.15. The van der Waals surface area contributed by atoms with Crippen molar-refractivity contribution in [2.24, 2.45) is 0 Å². The summed E-state index contributed by atoms with van der Waals surface area (Å²) in [7, 11) is 0. The Hall–Kier alpha value is -0.430. The van der Waals surface area contributed by atoms with E-state index in [1.54, 1.807) is 6.26 Å². The van der Waals surface area contributed by atoms with Crippen molar-refractivity contribution in [3.8, 4) is 0 Å². The standard InChI is InChI=1S/C9H11ClO/c10-8-4-1-3-7(8)9-5-2-6-11-9/h2,5-8H,1,3-4H2. The molecule has 1 aromatic heterocycles. The fraction of sp³-hybridized carbons (Fsp3) is 0.556. The minimum atomic E-state index is 0.293. The third-order valence-electron chi connectivity index (χ3n) is 2.34. The maximum Gasteiger partial charge on any atom is 0.108 e. The Bertz CT molecular complexity index is 217. The van der Waals surface area contributed by atoms with E-state index in [0.29, 0.717) is 11.3 Å². The Balaban J connectivity index is 2.16. The van der Waals surface area contributed by atoms with Crippen LogP contribution in [0.1, 0.15) is 30.9 Å². The summed E-state index contributed by atoms with van der Waals surface area (Å²) in [6, 6.07) is 3.95. The molecule has 1 aliphatic carbocycles. The molecule has 2 heteroatoms. The summed E-state index contributed by atoms with van der Waals surface area (Å²) in [5, 5.41) is 0.293. The zero-order valence-corrected chi connectivity index (χ0v) is 7.05. The van der Waals surface area contributed by atoms with Crippen LogP contribution in [0.2, 0.25) is 0 Å². The van der Waals surface area contributed by atoms with Gasteiger partial charge in [0.1, 0.15) is 5.76 Å². The lowest BCUT2D eigenvalue weighted by Crippen LogP contribution is -2.02. The number of hydrogen-bond donors (Lipinski definition) is 0. The number of furan rings is 1.